The zero-order valence-electron chi connectivity index (χ0n) is 11.1. The number of nitrogens with one attached hydrogen (secondary N) is 1. The zero-order chi connectivity index (χ0) is 13.5. The van der Waals surface area contributed by atoms with E-state index in [9.17, 15) is 4.79 Å². The summed E-state index contributed by atoms with van der Waals surface area (Å²) in [5, 5.41) is 7.36. The summed E-state index contributed by atoms with van der Waals surface area (Å²) in [6, 6.07) is 2.06. The lowest BCUT2D eigenvalue weighted by atomic mass is 10.2. The van der Waals surface area contributed by atoms with Crippen LogP contribution in [0.3, 0.4) is 0 Å². The van der Waals surface area contributed by atoms with E-state index in [1.165, 1.54) is 0 Å². The molecule has 1 aliphatic rings. The lowest BCUT2D eigenvalue weighted by Crippen LogP contribution is -2.31. The van der Waals surface area contributed by atoms with Gasteiger partial charge in [0.1, 0.15) is 6.17 Å². The van der Waals surface area contributed by atoms with Crippen LogP contribution in [-0.4, -0.2) is 50.8 Å². The highest BCUT2D eigenvalue weighted by Gasteiger charge is 2.30. The molecule has 1 fully saturated rings. The Bertz CT molecular complexity index is 383. The van der Waals surface area contributed by atoms with Crippen LogP contribution in [0.25, 0.3) is 0 Å². The standard InChI is InChI=1S/C13H20N2O3S/c1-17-6-7-18-5-2-4-15-12(16)9-14-13(15)11-3-8-19-10-11/h3,8,10,13-14H,2,4-7,9H2,1H3. The van der Waals surface area contributed by atoms with Crippen molar-refractivity contribution in [3.63, 3.8) is 0 Å². The highest BCUT2D eigenvalue weighted by atomic mass is 32.1. The van der Waals surface area contributed by atoms with Crippen LogP contribution in [0.15, 0.2) is 16.8 Å². The van der Waals surface area contributed by atoms with Crippen molar-refractivity contribution in [1.29, 1.82) is 0 Å². The number of rotatable bonds is 8. The largest absolute Gasteiger partial charge is 0.382 e. The SMILES string of the molecule is COCCOCCCN1C(=O)CNC1c1ccsc1. The number of amides is 1. The number of carbonyl (C=O) groups excluding carboxylic acids is 1. The van der Waals surface area contributed by atoms with Crippen molar-refractivity contribution in [2.45, 2.75) is 12.6 Å². The molecule has 0 radical (unpaired) electrons. The van der Waals surface area contributed by atoms with Gasteiger partial charge in [0.25, 0.3) is 0 Å². The highest BCUT2D eigenvalue weighted by Crippen LogP contribution is 2.24. The number of thiophene rings is 1. The molecular weight excluding hydrogens is 264 g/mol. The van der Waals surface area contributed by atoms with Crippen LogP contribution in [0, 0.1) is 0 Å². The lowest BCUT2D eigenvalue weighted by molar-refractivity contribution is -0.128. The van der Waals surface area contributed by atoms with Gasteiger partial charge in [-0.1, -0.05) is 0 Å². The number of carbonyl (C=O) groups is 1. The van der Waals surface area contributed by atoms with Crippen LogP contribution in [0.4, 0.5) is 0 Å². The predicted molar refractivity (Wildman–Crippen MR) is 74.1 cm³/mol. The van der Waals surface area contributed by atoms with Gasteiger partial charge < -0.3 is 14.4 Å². The molecular formula is C13H20N2O3S. The number of nitrogens with zero attached hydrogens (tertiary/aromatic N) is 1. The Hall–Kier alpha value is -0.950. The quantitative estimate of drug-likeness (QED) is 0.730. The van der Waals surface area contributed by atoms with E-state index in [0.717, 1.165) is 18.5 Å². The Morgan fingerprint density at radius 1 is 1.47 bits per heavy atom. The lowest BCUT2D eigenvalue weighted by Gasteiger charge is -2.23. The van der Waals surface area contributed by atoms with Crippen LogP contribution in [0.2, 0.25) is 0 Å². The summed E-state index contributed by atoms with van der Waals surface area (Å²) in [6.45, 7) is 3.02. The molecule has 1 aromatic rings. The van der Waals surface area contributed by atoms with Gasteiger partial charge in [-0.3, -0.25) is 10.1 Å². The Kier molecular flexibility index (Phi) is 5.78. The molecule has 0 spiro atoms. The summed E-state index contributed by atoms with van der Waals surface area (Å²) in [5.41, 5.74) is 1.16. The Labute approximate surface area is 117 Å². The maximum absolute atomic E-state index is 11.9. The van der Waals surface area contributed by atoms with Gasteiger partial charge >= 0.3 is 0 Å². The van der Waals surface area contributed by atoms with Gasteiger partial charge in [0, 0.05) is 20.3 Å². The molecule has 1 amide bonds. The van der Waals surface area contributed by atoms with Crippen molar-refractivity contribution in [3.8, 4) is 0 Å². The summed E-state index contributed by atoms with van der Waals surface area (Å²) in [5.74, 6) is 0.160. The number of ether oxygens (including phenoxy) is 2. The second-order valence-corrected chi connectivity index (χ2v) is 5.17. The summed E-state index contributed by atoms with van der Waals surface area (Å²) < 4.78 is 10.3. The maximum Gasteiger partial charge on any atom is 0.238 e. The molecule has 0 saturated carbocycles. The zero-order valence-corrected chi connectivity index (χ0v) is 11.9. The molecule has 5 nitrogen and oxygen atoms in total. The van der Waals surface area contributed by atoms with Crippen LogP contribution in [0.5, 0.6) is 0 Å². The maximum atomic E-state index is 11.9. The fraction of sp³-hybridized carbons (Fsp3) is 0.615. The summed E-state index contributed by atoms with van der Waals surface area (Å²) in [6.07, 6.45) is 0.871. The summed E-state index contributed by atoms with van der Waals surface area (Å²) in [4.78, 5) is 13.7. The molecule has 0 bridgehead atoms. The molecule has 2 rings (SSSR count). The molecule has 1 aliphatic heterocycles. The molecule has 6 heteroatoms. The first-order valence-electron chi connectivity index (χ1n) is 6.44. The molecule has 0 aliphatic carbocycles. The van der Waals surface area contributed by atoms with E-state index in [-0.39, 0.29) is 12.1 Å². The van der Waals surface area contributed by atoms with E-state index >= 15 is 0 Å². The number of hydrogen-bond acceptors (Lipinski definition) is 5. The minimum atomic E-state index is 0.0257. The van der Waals surface area contributed by atoms with Crippen molar-refractivity contribution >= 4 is 17.2 Å². The smallest absolute Gasteiger partial charge is 0.238 e. The Morgan fingerprint density at radius 3 is 3.11 bits per heavy atom. The minimum absolute atomic E-state index is 0.0257. The van der Waals surface area contributed by atoms with Crippen molar-refractivity contribution in [2.75, 3.05) is 40.0 Å². The highest BCUT2D eigenvalue weighted by molar-refractivity contribution is 7.07. The van der Waals surface area contributed by atoms with E-state index in [1.807, 2.05) is 10.3 Å². The molecule has 0 aromatic carbocycles. The number of methoxy groups -OCH3 is 1. The van der Waals surface area contributed by atoms with Gasteiger partial charge in [0.15, 0.2) is 0 Å². The molecule has 1 unspecified atom stereocenters. The Morgan fingerprint density at radius 2 is 2.37 bits per heavy atom. The van der Waals surface area contributed by atoms with Gasteiger partial charge in [-0.15, -0.1) is 0 Å². The fourth-order valence-electron chi connectivity index (χ4n) is 2.10. The van der Waals surface area contributed by atoms with Crippen molar-refractivity contribution in [3.05, 3.63) is 22.4 Å². The Balaban J connectivity index is 1.75. The van der Waals surface area contributed by atoms with Crippen molar-refractivity contribution < 1.29 is 14.3 Å². The van der Waals surface area contributed by atoms with Gasteiger partial charge in [0.05, 0.1) is 19.8 Å². The molecule has 106 valence electrons. The van der Waals surface area contributed by atoms with E-state index < -0.39 is 0 Å². The topological polar surface area (TPSA) is 50.8 Å². The first kappa shape index (κ1) is 14.5. The minimum Gasteiger partial charge on any atom is -0.382 e. The molecule has 1 aromatic heterocycles. The van der Waals surface area contributed by atoms with Gasteiger partial charge in [0.2, 0.25) is 5.91 Å². The van der Waals surface area contributed by atoms with E-state index in [1.54, 1.807) is 18.4 Å². The first-order chi connectivity index (χ1) is 9.33. The van der Waals surface area contributed by atoms with Crippen molar-refractivity contribution in [2.24, 2.45) is 0 Å². The summed E-state index contributed by atoms with van der Waals surface area (Å²) >= 11 is 1.65. The van der Waals surface area contributed by atoms with Gasteiger partial charge in [-0.05, 0) is 28.8 Å². The van der Waals surface area contributed by atoms with Gasteiger partial charge in [-0.25, -0.2) is 0 Å². The molecule has 1 atom stereocenters. The third kappa shape index (κ3) is 4.01. The van der Waals surface area contributed by atoms with Crippen molar-refractivity contribution in [1.82, 2.24) is 10.2 Å². The molecule has 1 saturated heterocycles. The molecule has 1 N–H and O–H groups in total. The first-order valence-corrected chi connectivity index (χ1v) is 7.39. The van der Waals surface area contributed by atoms with Crippen LogP contribution >= 0.6 is 11.3 Å². The third-order valence-corrected chi connectivity index (χ3v) is 3.76. The van der Waals surface area contributed by atoms with E-state index in [2.05, 4.69) is 16.8 Å². The monoisotopic (exact) mass is 284 g/mol. The van der Waals surface area contributed by atoms with Gasteiger partial charge in [-0.2, -0.15) is 11.3 Å². The second-order valence-electron chi connectivity index (χ2n) is 4.39. The fourth-order valence-corrected chi connectivity index (χ4v) is 2.78. The van der Waals surface area contributed by atoms with E-state index in [4.69, 9.17) is 9.47 Å². The van der Waals surface area contributed by atoms with Crippen LogP contribution in [0.1, 0.15) is 18.2 Å². The van der Waals surface area contributed by atoms with E-state index in [0.29, 0.717) is 26.4 Å². The third-order valence-electron chi connectivity index (χ3n) is 3.06. The average molecular weight is 284 g/mol. The number of hydrogen-bond donors (Lipinski definition) is 1. The van der Waals surface area contributed by atoms with Crippen LogP contribution in [-0.2, 0) is 14.3 Å². The molecule has 19 heavy (non-hydrogen) atoms. The van der Waals surface area contributed by atoms with Crippen LogP contribution < -0.4 is 5.32 Å². The second kappa shape index (κ2) is 7.59. The predicted octanol–water partition coefficient (Wildman–Crippen LogP) is 1.23. The molecule has 2 heterocycles. The average Bonchev–Trinajstić information content (AvgIpc) is 3.04. The normalized spacial score (nSPS) is 19.3. The summed E-state index contributed by atoms with van der Waals surface area (Å²) in [7, 11) is 1.66.